The predicted octanol–water partition coefficient (Wildman–Crippen LogP) is 2.77. The summed E-state index contributed by atoms with van der Waals surface area (Å²) in [6.45, 7) is 4.91. The van der Waals surface area contributed by atoms with Crippen LogP contribution in [-0.4, -0.2) is 64.6 Å². The third-order valence-corrected chi connectivity index (χ3v) is 7.98. The number of aryl methyl sites for hydroxylation is 1. The Kier molecular flexibility index (Phi) is 7.88. The van der Waals surface area contributed by atoms with Crippen molar-refractivity contribution >= 4 is 38.2 Å². The Hall–Kier alpha value is -2.47. The highest BCUT2D eigenvalue weighted by Gasteiger charge is 2.30. The minimum absolute atomic E-state index is 0.0967. The van der Waals surface area contributed by atoms with E-state index in [-0.39, 0.29) is 41.5 Å². The highest BCUT2D eigenvalue weighted by atomic mass is 32.2. The van der Waals surface area contributed by atoms with Crippen molar-refractivity contribution < 1.29 is 32.2 Å². The monoisotopic (exact) mass is 482 g/mol. The van der Waals surface area contributed by atoms with Gasteiger partial charge in [-0.1, -0.05) is 6.92 Å². The molecule has 0 spiro atoms. The lowest BCUT2D eigenvalue weighted by atomic mass is 10.2. The molecule has 1 fully saturated rings. The number of nitrogens with one attached hydrogen (secondary N) is 1. The van der Waals surface area contributed by atoms with Crippen LogP contribution in [0.2, 0.25) is 0 Å². The Balaban J connectivity index is 1.92. The lowest BCUT2D eigenvalue weighted by molar-refractivity contribution is 0.0528. The van der Waals surface area contributed by atoms with E-state index in [1.165, 1.54) is 41.0 Å². The molecular formula is C21H26N2O7S2. The van der Waals surface area contributed by atoms with Crippen LogP contribution in [0.25, 0.3) is 0 Å². The van der Waals surface area contributed by atoms with Gasteiger partial charge in [-0.3, -0.25) is 4.79 Å². The maximum Gasteiger partial charge on any atom is 0.341 e. The van der Waals surface area contributed by atoms with Gasteiger partial charge in [-0.05, 0) is 37.6 Å². The number of methoxy groups -OCH3 is 1. The number of anilines is 1. The van der Waals surface area contributed by atoms with Crippen molar-refractivity contribution in [3.8, 4) is 5.75 Å². The van der Waals surface area contributed by atoms with Crippen molar-refractivity contribution in [3.63, 3.8) is 0 Å². The number of thiophene rings is 1. The van der Waals surface area contributed by atoms with Crippen LogP contribution in [-0.2, 0) is 25.9 Å². The number of ether oxygens (including phenoxy) is 3. The molecule has 0 aliphatic carbocycles. The number of hydrogen-bond donors (Lipinski definition) is 1. The molecule has 0 atom stereocenters. The van der Waals surface area contributed by atoms with E-state index < -0.39 is 21.9 Å². The van der Waals surface area contributed by atoms with Crippen molar-refractivity contribution in [2.75, 3.05) is 45.3 Å². The minimum Gasteiger partial charge on any atom is -0.495 e. The summed E-state index contributed by atoms with van der Waals surface area (Å²) >= 11 is 1.28. The number of morpholine rings is 1. The van der Waals surface area contributed by atoms with Gasteiger partial charge in [0.05, 0.1) is 32.5 Å². The molecule has 1 aliphatic rings. The molecule has 0 bridgehead atoms. The number of nitrogens with zero attached hydrogens (tertiary/aromatic N) is 1. The lowest BCUT2D eigenvalue weighted by Gasteiger charge is -2.26. The summed E-state index contributed by atoms with van der Waals surface area (Å²) in [5, 5.41) is 3.09. The predicted molar refractivity (Wildman–Crippen MR) is 120 cm³/mol. The Bertz CT molecular complexity index is 1090. The van der Waals surface area contributed by atoms with Crippen LogP contribution in [0, 0.1) is 0 Å². The summed E-state index contributed by atoms with van der Waals surface area (Å²) in [5.74, 6) is -0.921. The van der Waals surface area contributed by atoms with Gasteiger partial charge in [0.1, 0.15) is 15.6 Å². The minimum atomic E-state index is -3.89. The maximum absolute atomic E-state index is 13.2. The van der Waals surface area contributed by atoms with E-state index in [0.717, 1.165) is 4.88 Å². The van der Waals surface area contributed by atoms with Gasteiger partial charge in [-0.15, -0.1) is 11.3 Å². The quantitative estimate of drug-likeness (QED) is 0.576. The van der Waals surface area contributed by atoms with Gasteiger partial charge in [0.2, 0.25) is 10.0 Å². The molecule has 2 heterocycles. The van der Waals surface area contributed by atoms with Crippen LogP contribution < -0.4 is 10.1 Å². The molecule has 11 heteroatoms. The zero-order chi connectivity index (χ0) is 23.3. The van der Waals surface area contributed by atoms with Gasteiger partial charge in [0, 0.05) is 23.5 Å². The molecular weight excluding hydrogens is 456 g/mol. The second kappa shape index (κ2) is 10.4. The van der Waals surface area contributed by atoms with E-state index in [4.69, 9.17) is 14.2 Å². The summed E-state index contributed by atoms with van der Waals surface area (Å²) in [5.41, 5.74) is 0.399. The Morgan fingerprint density at radius 1 is 1.19 bits per heavy atom. The van der Waals surface area contributed by atoms with E-state index in [9.17, 15) is 18.0 Å². The smallest absolute Gasteiger partial charge is 0.341 e. The largest absolute Gasteiger partial charge is 0.495 e. The molecule has 1 aromatic carbocycles. The molecule has 1 N–H and O–H groups in total. The highest BCUT2D eigenvalue weighted by molar-refractivity contribution is 7.89. The Morgan fingerprint density at radius 3 is 2.53 bits per heavy atom. The summed E-state index contributed by atoms with van der Waals surface area (Å²) in [4.78, 5) is 26.1. The summed E-state index contributed by atoms with van der Waals surface area (Å²) in [6, 6.07) is 5.91. The third kappa shape index (κ3) is 5.12. The fourth-order valence-corrected chi connectivity index (χ4v) is 5.76. The number of carbonyl (C=O) groups is 2. The number of rotatable bonds is 8. The topological polar surface area (TPSA) is 111 Å². The molecule has 3 rings (SSSR count). The standard InChI is InChI=1S/C21H26N2O7S2/c1-4-15-13-16(21(25)30-5-2)20(31-15)22-19(24)14-6-7-17(28-3)18(12-14)32(26,27)23-8-10-29-11-9-23/h6-7,12-13H,4-5,8-11H2,1-3H3,(H,22,24). The summed E-state index contributed by atoms with van der Waals surface area (Å²) < 4.78 is 43.2. The van der Waals surface area contributed by atoms with Crippen molar-refractivity contribution in [1.29, 1.82) is 0 Å². The summed E-state index contributed by atoms with van der Waals surface area (Å²) in [7, 11) is -2.51. The molecule has 1 amide bonds. The molecule has 32 heavy (non-hydrogen) atoms. The molecule has 1 saturated heterocycles. The van der Waals surface area contributed by atoms with Crippen molar-refractivity contribution in [2.24, 2.45) is 0 Å². The van der Waals surface area contributed by atoms with Crippen LogP contribution >= 0.6 is 11.3 Å². The second-order valence-corrected chi connectivity index (χ2v) is 9.91. The van der Waals surface area contributed by atoms with Gasteiger partial charge >= 0.3 is 5.97 Å². The Morgan fingerprint density at radius 2 is 1.91 bits per heavy atom. The number of carbonyl (C=O) groups excluding carboxylic acids is 2. The van der Waals surface area contributed by atoms with Crippen LogP contribution in [0.5, 0.6) is 5.75 Å². The fraction of sp³-hybridized carbons (Fsp3) is 0.429. The number of amides is 1. The van der Waals surface area contributed by atoms with E-state index in [0.29, 0.717) is 24.6 Å². The van der Waals surface area contributed by atoms with E-state index in [1.54, 1.807) is 13.0 Å². The fourth-order valence-electron chi connectivity index (χ4n) is 3.19. The first-order chi connectivity index (χ1) is 15.3. The molecule has 9 nitrogen and oxygen atoms in total. The van der Waals surface area contributed by atoms with Crippen LogP contribution in [0.1, 0.15) is 39.4 Å². The first kappa shape index (κ1) is 24.2. The van der Waals surface area contributed by atoms with Gasteiger partial charge in [-0.2, -0.15) is 4.31 Å². The van der Waals surface area contributed by atoms with Crippen molar-refractivity contribution in [1.82, 2.24) is 4.31 Å². The molecule has 1 aliphatic heterocycles. The Labute approximate surface area is 191 Å². The average Bonchev–Trinajstić information content (AvgIpc) is 3.22. The first-order valence-corrected chi connectivity index (χ1v) is 12.4. The maximum atomic E-state index is 13.2. The molecule has 174 valence electrons. The molecule has 2 aromatic rings. The zero-order valence-electron chi connectivity index (χ0n) is 18.2. The van der Waals surface area contributed by atoms with Gasteiger partial charge in [0.25, 0.3) is 5.91 Å². The van der Waals surface area contributed by atoms with Crippen molar-refractivity contribution in [3.05, 3.63) is 40.3 Å². The van der Waals surface area contributed by atoms with Crippen molar-refractivity contribution in [2.45, 2.75) is 25.2 Å². The van der Waals surface area contributed by atoms with Crippen LogP contribution in [0.15, 0.2) is 29.2 Å². The van der Waals surface area contributed by atoms with Gasteiger partial charge < -0.3 is 19.5 Å². The normalized spacial score (nSPS) is 14.7. The SMILES string of the molecule is CCOC(=O)c1cc(CC)sc1NC(=O)c1ccc(OC)c(S(=O)(=O)N2CCOCC2)c1. The highest BCUT2D eigenvalue weighted by Crippen LogP contribution is 2.32. The van der Waals surface area contributed by atoms with Crippen LogP contribution in [0.3, 0.4) is 0 Å². The average molecular weight is 483 g/mol. The lowest BCUT2D eigenvalue weighted by Crippen LogP contribution is -2.40. The van der Waals surface area contributed by atoms with E-state index in [2.05, 4.69) is 5.32 Å². The van der Waals surface area contributed by atoms with Gasteiger partial charge in [0.15, 0.2) is 0 Å². The molecule has 0 radical (unpaired) electrons. The van der Waals surface area contributed by atoms with Crippen LogP contribution in [0.4, 0.5) is 5.00 Å². The van der Waals surface area contributed by atoms with Gasteiger partial charge in [-0.25, -0.2) is 13.2 Å². The number of sulfonamides is 1. The summed E-state index contributed by atoms with van der Waals surface area (Å²) in [6.07, 6.45) is 0.692. The number of benzene rings is 1. The zero-order valence-corrected chi connectivity index (χ0v) is 19.8. The third-order valence-electron chi connectivity index (χ3n) is 4.87. The van der Waals surface area contributed by atoms with E-state index >= 15 is 0 Å². The number of esters is 1. The first-order valence-electron chi connectivity index (χ1n) is 10.2. The molecule has 0 saturated carbocycles. The molecule has 1 aromatic heterocycles. The van der Waals surface area contributed by atoms with E-state index in [1.807, 2.05) is 6.92 Å². The number of hydrogen-bond acceptors (Lipinski definition) is 8. The molecule has 0 unspecified atom stereocenters. The second-order valence-electron chi connectivity index (χ2n) is 6.87.